The Morgan fingerprint density at radius 2 is 1.81 bits per heavy atom. The molecule has 36 heavy (non-hydrogen) atoms. The number of fused-ring (bicyclic) bond motifs is 1. The van der Waals surface area contributed by atoms with Crippen molar-refractivity contribution in [1.29, 1.82) is 0 Å². The molecule has 3 aliphatic heterocycles. The normalized spacial score (nSPS) is 24.1. The Bertz CT molecular complexity index is 1060. The Kier molecular flexibility index (Phi) is 7.31. The molecule has 4 amide bonds. The number of carbonyl (C=O) groups excluding carboxylic acids is 3. The van der Waals surface area contributed by atoms with Gasteiger partial charge in [-0.05, 0) is 37.1 Å². The van der Waals surface area contributed by atoms with Gasteiger partial charge in [-0.3, -0.25) is 14.5 Å². The molecule has 10 nitrogen and oxygen atoms in total. The van der Waals surface area contributed by atoms with Crippen LogP contribution in [0, 0.1) is 0 Å². The van der Waals surface area contributed by atoms with Crippen LogP contribution in [0.15, 0.2) is 54.7 Å². The SMILES string of the molecule is O=C(Nc1ccccc1)N[C@H]1C[C@H]2C(=O)NC[C@@H](CCC(=O)N3CCN(c4ccccn4)CC3)N2C1. The van der Waals surface area contributed by atoms with E-state index in [-0.39, 0.29) is 36.0 Å². The van der Waals surface area contributed by atoms with Crippen LogP contribution in [0.25, 0.3) is 0 Å². The van der Waals surface area contributed by atoms with Crippen molar-refractivity contribution in [2.45, 2.75) is 37.4 Å². The van der Waals surface area contributed by atoms with Gasteiger partial charge in [0.05, 0.1) is 6.04 Å². The molecule has 3 N–H and O–H groups in total. The van der Waals surface area contributed by atoms with E-state index in [4.69, 9.17) is 0 Å². The zero-order valence-electron chi connectivity index (χ0n) is 20.3. The predicted molar refractivity (Wildman–Crippen MR) is 137 cm³/mol. The van der Waals surface area contributed by atoms with Crippen molar-refractivity contribution in [3.63, 3.8) is 0 Å². The van der Waals surface area contributed by atoms with Crippen molar-refractivity contribution in [3.8, 4) is 0 Å². The Morgan fingerprint density at radius 3 is 2.56 bits per heavy atom. The maximum atomic E-state index is 12.9. The average molecular weight is 492 g/mol. The van der Waals surface area contributed by atoms with E-state index >= 15 is 0 Å². The van der Waals surface area contributed by atoms with Crippen LogP contribution in [-0.4, -0.2) is 90.0 Å². The molecule has 3 atom stereocenters. The molecule has 0 radical (unpaired) electrons. The predicted octanol–water partition coefficient (Wildman–Crippen LogP) is 1.27. The smallest absolute Gasteiger partial charge is 0.319 e. The summed E-state index contributed by atoms with van der Waals surface area (Å²) in [5.41, 5.74) is 0.723. The highest BCUT2D eigenvalue weighted by molar-refractivity contribution is 5.89. The topological polar surface area (TPSA) is 110 Å². The quantitative estimate of drug-likeness (QED) is 0.562. The molecular formula is C26H33N7O3. The number of amides is 4. The molecule has 3 saturated heterocycles. The summed E-state index contributed by atoms with van der Waals surface area (Å²) in [7, 11) is 0. The molecule has 5 rings (SSSR count). The molecule has 0 unspecified atom stereocenters. The number of aromatic nitrogens is 1. The number of hydrogen-bond acceptors (Lipinski definition) is 6. The number of nitrogens with zero attached hydrogens (tertiary/aromatic N) is 4. The number of hydrogen-bond donors (Lipinski definition) is 3. The van der Waals surface area contributed by atoms with Crippen LogP contribution in [0.4, 0.5) is 16.3 Å². The van der Waals surface area contributed by atoms with Crippen LogP contribution in [0.2, 0.25) is 0 Å². The Morgan fingerprint density at radius 1 is 1.03 bits per heavy atom. The summed E-state index contributed by atoms with van der Waals surface area (Å²) in [5.74, 6) is 1.10. The lowest BCUT2D eigenvalue weighted by molar-refractivity contribution is -0.132. The third-order valence-electron chi connectivity index (χ3n) is 7.29. The summed E-state index contributed by atoms with van der Waals surface area (Å²) < 4.78 is 0. The molecule has 0 saturated carbocycles. The Labute approximate surface area is 211 Å². The fourth-order valence-corrected chi connectivity index (χ4v) is 5.40. The molecular weight excluding hydrogens is 458 g/mol. The average Bonchev–Trinajstić information content (AvgIpc) is 3.34. The maximum absolute atomic E-state index is 12.9. The minimum Gasteiger partial charge on any atom is -0.353 e. The number of nitrogens with one attached hydrogen (secondary N) is 3. The van der Waals surface area contributed by atoms with E-state index in [2.05, 4.69) is 30.7 Å². The number of pyridine rings is 1. The van der Waals surface area contributed by atoms with Gasteiger partial charge < -0.3 is 25.8 Å². The first-order chi connectivity index (χ1) is 17.6. The van der Waals surface area contributed by atoms with Gasteiger partial charge in [0.15, 0.2) is 0 Å². The largest absolute Gasteiger partial charge is 0.353 e. The van der Waals surface area contributed by atoms with Crippen LogP contribution in [0.1, 0.15) is 19.3 Å². The first kappa shape index (κ1) is 24.1. The number of rotatable bonds is 6. The fourth-order valence-electron chi connectivity index (χ4n) is 5.40. The Balaban J connectivity index is 1.10. The van der Waals surface area contributed by atoms with Gasteiger partial charge in [0.1, 0.15) is 5.82 Å². The standard InChI is InChI=1S/C26H33N7O3/c34-24(32-14-12-31(13-15-32)23-8-4-5-11-27-23)10-9-21-17-28-25(35)22-16-20(18-33(21)22)30-26(36)29-19-6-2-1-3-7-19/h1-8,11,20-22H,9-10,12-18H2,(H,28,35)(H2,29,30,36)/t20-,21+,22-/m0/s1. The van der Waals surface area contributed by atoms with Crippen molar-refractivity contribution in [3.05, 3.63) is 54.7 Å². The molecule has 3 aliphatic rings. The van der Waals surface area contributed by atoms with Crippen LogP contribution >= 0.6 is 0 Å². The number of benzene rings is 1. The van der Waals surface area contributed by atoms with Gasteiger partial charge in [-0.15, -0.1) is 0 Å². The second-order valence-electron chi connectivity index (χ2n) is 9.60. The second kappa shape index (κ2) is 10.9. The van der Waals surface area contributed by atoms with E-state index in [0.29, 0.717) is 45.4 Å². The number of anilines is 2. The summed E-state index contributed by atoms with van der Waals surface area (Å²) in [6.07, 6.45) is 3.48. The monoisotopic (exact) mass is 491 g/mol. The first-order valence-electron chi connectivity index (χ1n) is 12.7. The van der Waals surface area contributed by atoms with Gasteiger partial charge in [0, 0.05) is 69.7 Å². The molecule has 190 valence electrons. The number of urea groups is 1. The van der Waals surface area contributed by atoms with E-state index < -0.39 is 0 Å². The van der Waals surface area contributed by atoms with Gasteiger partial charge in [-0.1, -0.05) is 24.3 Å². The van der Waals surface area contributed by atoms with Gasteiger partial charge in [0.25, 0.3) is 0 Å². The van der Waals surface area contributed by atoms with Crippen LogP contribution in [0.3, 0.4) is 0 Å². The van der Waals surface area contributed by atoms with Crippen LogP contribution in [0.5, 0.6) is 0 Å². The minimum absolute atomic E-state index is 0.00372. The van der Waals surface area contributed by atoms with Crippen LogP contribution < -0.4 is 20.9 Å². The number of para-hydroxylation sites is 1. The van der Waals surface area contributed by atoms with E-state index in [0.717, 1.165) is 24.6 Å². The fraction of sp³-hybridized carbons (Fsp3) is 0.462. The van der Waals surface area contributed by atoms with Crippen molar-refractivity contribution in [2.24, 2.45) is 0 Å². The van der Waals surface area contributed by atoms with E-state index in [1.165, 1.54) is 0 Å². The highest BCUT2D eigenvalue weighted by atomic mass is 16.2. The van der Waals surface area contributed by atoms with Crippen molar-refractivity contribution < 1.29 is 14.4 Å². The summed E-state index contributed by atoms with van der Waals surface area (Å²) >= 11 is 0. The number of piperazine rings is 2. The highest BCUT2D eigenvalue weighted by Crippen LogP contribution is 2.26. The lowest BCUT2D eigenvalue weighted by Crippen LogP contribution is -2.58. The summed E-state index contributed by atoms with van der Waals surface area (Å²) in [6, 6.07) is 14.6. The van der Waals surface area contributed by atoms with Gasteiger partial charge >= 0.3 is 6.03 Å². The molecule has 1 aromatic heterocycles. The van der Waals surface area contributed by atoms with E-state index in [1.807, 2.05) is 53.4 Å². The molecule has 3 fully saturated rings. The second-order valence-corrected chi connectivity index (χ2v) is 9.60. The Hall–Kier alpha value is -3.66. The highest BCUT2D eigenvalue weighted by Gasteiger charge is 2.44. The molecule has 4 heterocycles. The summed E-state index contributed by atoms with van der Waals surface area (Å²) in [4.78, 5) is 48.6. The molecule has 10 heteroatoms. The minimum atomic E-state index is -0.275. The molecule has 0 bridgehead atoms. The zero-order valence-corrected chi connectivity index (χ0v) is 20.3. The third-order valence-corrected chi connectivity index (χ3v) is 7.29. The van der Waals surface area contributed by atoms with Crippen molar-refractivity contribution in [1.82, 2.24) is 25.4 Å². The molecule has 0 spiro atoms. The van der Waals surface area contributed by atoms with Crippen molar-refractivity contribution in [2.75, 3.05) is 49.5 Å². The van der Waals surface area contributed by atoms with Crippen molar-refractivity contribution >= 4 is 29.4 Å². The van der Waals surface area contributed by atoms with E-state index in [1.54, 1.807) is 6.20 Å². The van der Waals surface area contributed by atoms with Gasteiger partial charge in [0.2, 0.25) is 11.8 Å². The van der Waals surface area contributed by atoms with Gasteiger partial charge in [-0.2, -0.15) is 0 Å². The maximum Gasteiger partial charge on any atom is 0.319 e. The van der Waals surface area contributed by atoms with Gasteiger partial charge in [-0.25, -0.2) is 9.78 Å². The molecule has 0 aliphatic carbocycles. The lowest BCUT2D eigenvalue weighted by Gasteiger charge is -2.38. The summed E-state index contributed by atoms with van der Waals surface area (Å²) in [5, 5.41) is 8.84. The zero-order chi connectivity index (χ0) is 24.9. The van der Waals surface area contributed by atoms with E-state index in [9.17, 15) is 14.4 Å². The number of carbonyl (C=O) groups is 3. The molecule has 2 aromatic rings. The third kappa shape index (κ3) is 5.59. The lowest BCUT2D eigenvalue weighted by atomic mass is 10.0. The van der Waals surface area contributed by atoms with Crippen LogP contribution in [-0.2, 0) is 9.59 Å². The first-order valence-corrected chi connectivity index (χ1v) is 12.7. The molecule has 1 aromatic carbocycles. The summed E-state index contributed by atoms with van der Waals surface area (Å²) in [6.45, 7) is 4.04.